The second-order valence-electron chi connectivity index (χ2n) is 6.59. The highest BCUT2D eigenvalue weighted by molar-refractivity contribution is 5.69. The predicted molar refractivity (Wildman–Crippen MR) is 90.1 cm³/mol. The molecular weight excluding hydrogens is 402 g/mol. The Morgan fingerprint density at radius 1 is 1.07 bits per heavy atom. The molecule has 0 atom stereocenters. The Balaban J connectivity index is 2.45. The van der Waals surface area contributed by atoms with E-state index in [-0.39, 0.29) is 28.5 Å². The molecule has 29 heavy (non-hydrogen) atoms. The summed E-state index contributed by atoms with van der Waals surface area (Å²) in [4.78, 5) is 16.9. The quantitative estimate of drug-likeness (QED) is 0.617. The van der Waals surface area contributed by atoms with Crippen molar-refractivity contribution in [1.29, 1.82) is 5.26 Å². The van der Waals surface area contributed by atoms with E-state index in [9.17, 15) is 31.1 Å². The summed E-state index contributed by atoms with van der Waals surface area (Å²) in [6.45, 7) is 3.11. The zero-order valence-corrected chi connectivity index (χ0v) is 14.9. The fourth-order valence-corrected chi connectivity index (χ4v) is 2.94. The van der Waals surface area contributed by atoms with Crippen LogP contribution >= 0.6 is 0 Å². The summed E-state index contributed by atoms with van der Waals surface area (Å²) in [7, 11) is 0. The molecule has 2 heterocycles. The Kier molecular flexibility index (Phi) is 4.69. The molecule has 0 aliphatic heterocycles. The fourth-order valence-electron chi connectivity index (χ4n) is 2.94. The first-order valence-electron chi connectivity index (χ1n) is 8.18. The summed E-state index contributed by atoms with van der Waals surface area (Å²) in [5.74, 6) is -0.570. The van der Waals surface area contributed by atoms with Crippen molar-refractivity contribution in [3.8, 4) is 17.3 Å². The zero-order chi connectivity index (χ0) is 21.7. The number of fused-ring (bicyclic) bond motifs is 1. The standard InChI is InChI=1S/C18H12F6N4O/c1-8(2)13-14(27-15-10(6-25)7-26-28(15)16(13)29)9-3-11(17(19,20)21)5-12(4-9)18(22,23)24/h3-5,7-8,26H,1-2H3. The van der Waals surface area contributed by atoms with Crippen LogP contribution in [0.4, 0.5) is 26.3 Å². The summed E-state index contributed by atoms with van der Waals surface area (Å²) in [6.07, 6.45) is -8.91. The number of hydrogen-bond acceptors (Lipinski definition) is 3. The Hall–Kier alpha value is -3.29. The third-order valence-corrected chi connectivity index (χ3v) is 4.26. The van der Waals surface area contributed by atoms with E-state index in [4.69, 9.17) is 5.26 Å². The van der Waals surface area contributed by atoms with Crippen molar-refractivity contribution >= 4 is 5.65 Å². The molecule has 1 aromatic carbocycles. The maximum atomic E-state index is 13.2. The molecule has 0 aliphatic carbocycles. The van der Waals surface area contributed by atoms with Gasteiger partial charge in [0.05, 0.1) is 16.8 Å². The number of rotatable bonds is 2. The molecule has 0 fully saturated rings. The Morgan fingerprint density at radius 2 is 1.62 bits per heavy atom. The molecule has 0 unspecified atom stereocenters. The van der Waals surface area contributed by atoms with E-state index in [1.165, 1.54) is 6.20 Å². The van der Waals surface area contributed by atoms with Gasteiger partial charge in [-0.3, -0.25) is 9.89 Å². The smallest absolute Gasteiger partial charge is 0.295 e. The van der Waals surface area contributed by atoms with E-state index >= 15 is 0 Å². The molecule has 3 aromatic rings. The lowest BCUT2D eigenvalue weighted by Gasteiger charge is -2.16. The van der Waals surface area contributed by atoms with Crippen LogP contribution in [0.15, 0.2) is 29.2 Å². The van der Waals surface area contributed by atoms with Gasteiger partial charge in [-0.2, -0.15) is 31.6 Å². The molecule has 0 radical (unpaired) electrons. The third kappa shape index (κ3) is 3.57. The summed E-state index contributed by atoms with van der Waals surface area (Å²) in [5.41, 5.74) is -4.96. The normalized spacial score (nSPS) is 12.6. The minimum absolute atomic E-state index is 0.000930. The molecule has 2 aromatic heterocycles. The van der Waals surface area contributed by atoms with Crippen molar-refractivity contribution in [2.75, 3.05) is 0 Å². The van der Waals surface area contributed by atoms with E-state index in [2.05, 4.69) is 10.1 Å². The first-order valence-corrected chi connectivity index (χ1v) is 8.18. The summed E-state index contributed by atoms with van der Waals surface area (Å²) in [5, 5.41) is 11.6. The van der Waals surface area contributed by atoms with Crippen LogP contribution in [0.25, 0.3) is 16.9 Å². The summed E-state index contributed by atoms with van der Waals surface area (Å²) < 4.78 is 80.2. The lowest BCUT2D eigenvalue weighted by molar-refractivity contribution is -0.143. The second kappa shape index (κ2) is 6.65. The molecule has 11 heteroatoms. The molecule has 3 rings (SSSR count). The Bertz CT molecular complexity index is 1160. The lowest BCUT2D eigenvalue weighted by Crippen LogP contribution is -2.23. The molecule has 0 bridgehead atoms. The number of alkyl halides is 6. The highest BCUT2D eigenvalue weighted by Crippen LogP contribution is 2.39. The third-order valence-electron chi connectivity index (χ3n) is 4.26. The van der Waals surface area contributed by atoms with Gasteiger partial charge in [-0.05, 0) is 24.1 Å². The fraction of sp³-hybridized carbons (Fsp3) is 0.278. The van der Waals surface area contributed by atoms with Gasteiger partial charge in [-0.1, -0.05) is 13.8 Å². The van der Waals surface area contributed by atoms with Crippen LogP contribution in [-0.4, -0.2) is 14.6 Å². The Morgan fingerprint density at radius 3 is 2.07 bits per heavy atom. The molecule has 152 valence electrons. The van der Waals surface area contributed by atoms with Gasteiger partial charge in [0.15, 0.2) is 5.65 Å². The molecule has 0 saturated heterocycles. The van der Waals surface area contributed by atoms with Crippen LogP contribution in [0.1, 0.15) is 42.0 Å². The second-order valence-corrected chi connectivity index (χ2v) is 6.59. The number of nitrogens with one attached hydrogen (secondary N) is 1. The molecule has 0 saturated carbocycles. The van der Waals surface area contributed by atoms with Crippen molar-refractivity contribution in [2.24, 2.45) is 0 Å². The Labute approximate surface area is 159 Å². The highest BCUT2D eigenvalue weighted by Gasteiger charge is 2.37. The number of nitrogens with zero attached hydrogens (tertiary/aromatic N) is 3. The van der Waals surface area contributed by atoms with Gasteiger partial charge in [0, 0.05) is 17.3 Å². The number of aromatic amines is 1. The van der Waals surface area contributed by atoms with E-state index in [1.54, 1.807) is 19.9 Å². The van der Waals surface area contributed by atoms with Gasteiger partial charge in [0.25, 0.3) is 5.56 Å². The van der Waals surface area contributed by atoms with Crippen LogP contribution in [0.3, 0.4) is 0 Å². The van der Waals surface area contributed by atoms with Crippen molar-refractivity contribution in [3.05, 3.63) is 57.0 Å². The summed E-state index contributed by atoms with van der Waals surface area (Å²) in [6, 6.07) is 2.79. The molecule has 0 amide bonds. The average Bonchev–Trinajstić information content (AvgIpc) is 3.02. The van der Waals surface area contributed by atoms with E-state index in [1.807, 2.05) is 0 Å². The van der Waals surface area contributed by atoms with Crippen LogP contribution in [0.2, 0.25) is 0 Å². The monoisotopic (exact) mass is 414 g/mol. The topological polar surface area (TPSA) is 73.9 Å². The molecule has 0 aliphatic rings. The first kappa shape index (κ1) is 20.4. The maximum Gasteiger partial charge on any atom is 0.416 e. The van der Waals surface area contributed by atoms with Gasteiger partial charge in [0.1, 0.15) is 11.6 Å². The minimum Gasteiger partial charge on any atom is -0.295 e. The van der Waals surface area contributed by atoms with Crippen molar-refractivity contribution in [3.63, 3.8) is 0 Å². The average molecular weight is 414 g/mol. The van der Waals surface area contributed by atoms with Crippen LogP contribution in [0, 0.1) is 11.3 Å². The highest BCUT2D eigenvalue weighted by atomic mass is 19.4. The van der Waals surface area contributed by atoms with Gasteiger partial charge in [-0.25, -0.2) is 9.50 Å². The minimum atomic E-state index is -5.04. The number of hydrogen-bond donors (Lipinski definition) is 1. The predicted octanol–water partition coefficient (Wildman–Crippen LogP) is 4.72. The van der Waals surface area contributed by atoms with Gasteiger partial charge < -0.3 is 0 Å². The SMILES string of the molecule is CC(C)c1c(-c2cc(C(F)(F)F)cc(C(F)(F)F)c2)nc2c(C#N)c[nH]n2c1=O. The largest absolute Gasteiger partial charge is 0.416 e. The van der Waals surface area contributed by atoms with Gasteiger partial charge >= 0.3 is 12.4 Å². The van der Waals surface area contributed by atoms with E-state index < -0.39 is 40.5 Å². The van der Waals surface area contributed by atoms with Crippen molar-refractivity contribution in [2.45, 2.75) is 32.1 Å². The molecular formula is C18H12F6N4O. The van der Waals surface area contributed by atoms with Gasteiger partial charge in [-0.15, -0.1) is 0 Å². The van der Waals surface area contributed by atoms with Crippen molar-refractivity contribution < 1.29 is 26.3 Å². The molecule has 1 N–H and O–H groups in total. The molecule has 5 nitrogen and oxygen atoms in total. The first-order chi connectivity index (χ1) is 13.3. The number of benzene rings is 1. The number of H-pyrrole nitrogens is 1. The summed E-state index contributed by atoms with van der Waals surface area (Å²) >= 11 is 0. The maximum absolute atomic E-state index is 13.2. The number of halogens is 6. The van der Waals surface area contributed by atoms with Crippen molar-refractivity contribution in [1.82, 2.24) is 14.6 Å². The number of aromatic nitrogens is 3. The van der Waals surface area contributed by atoms with E-state index in [0.717, 1.165) is 4.52 Å². The van der Waals surface area contributed by atoms with Crippen LogP contribution < -0.4 is 5.56 Å². The van der Waals surface area contributed by atoms with Gasteiger partial charge in [0.2, 0.25) is 0 Å². The van der Waals surface area contributed by atoms with E-state index in [0.29, 0.717) is 12.1 Å². The lowest BCUT2D eigenvalue weighted by atomic mass is 9.95. The van der Waals surface area contributed by atoms with Crippen LogP contribution in [-0.2, 0) is 12.4 Å². The molecule has 0 spiro atoms. The number of nitriles is 1. The van der Waals surface area contributed by atoms with Crippen LogP contribution in [0.5, 0.6) is 0 Å². The zero-order valence-electron chi connectivity index (χ0n) is 14.9.